The maximum Gasteiger partial charge on any atom is 1.00 e. The number of amides is 2. The van der Waals surface area contributed by atoms with Gasteiger partial charge in [-0.25, -0.2) is 4.98 Å². The van der Waals surface area contributed by atoms with Crippen LogP contribution in [0.4, 0.5) is 0 Å². The number of β-lactam (4-membered cyclic amide) rings is 1. The molecule has 0 bridgehead atoms. The predicted octanol–water partition coefficient (Wildman–Crippen LogP) is -2.48. The van der Waals surface area contributed by atoms with E-state index in [1.807, 2.05) is 6.92 Å². The standard InChI is InChI=1S/C19H21N3O5S2.Na/c1-9-14-12(10(2)23)17(24)22(14)15(19(26)27)16(9)28-7-4-11-13(20-8-29-11)18(25)21-5-3-6-21;/h4,7-10,12,14,23H,3,5-6H2,1-2H3,(H,26,27);/q;+1/p-1/b7-4-;/t9-,10-,12-,14-;/m1./s1. The van der Waals surface area contributed by atoms with E-state index in [1.165, 1.54) is 34.9 Å². The average molecular weight is 458 g/mol. The molecule has 0 radical (unpaired) electrons. The van der Waals surface area contributed by atoms with Crippen molar-refractivity contribution in [1.29, 1.82) is 0 Å². The van der Waals surface area contributed by atoms with Crippen molar-refractivity contribution >= 4 is 47.0 Å². The third kappa shape index (κ3) is 3.78. The summed E-state index contributed by atoms with van der Waals surface area (Å²) in [5, 5.41) is 23.3. The van der Waals surface area contributed by atoms with E-state index >= 15 is 0 Å². The van der Waals surface area contributed by atoms with Crippen molar-refractivity contribution in [2.75, 3.05) is 13.1 Å². The first kappa shape index (κ1) is 23.5. The first-order valence-electron chi connectivity index (χ1n) is 9.35. The van der Waals surface area contributed by atoms with Crippen LogP contribution in [0.1, 0.15) is 35.6 Å². The van der Waals surface area contributed by atoms with Gasteiger partial charge in [0.1, 0.15) is 5.69 Å². The largest absolute Gasteiger partial charge is 1.00 e. The number of hydrogen-bond donors (Lipinski definition) is 1. The van der Waals surface area contributed by atoms with Gasteiger partial charge >= 0.3 is 29.6 Å². The van der Waals surface area contributed by atoms with Crippen LogP contribution in [0.2, 0.25) is 0 Å². The number of carboxylic acids is 1. The third-order valence-corrected chi connectivity index (χ3v) is 7.54. The van der Waals surface area contributed by atoms with Crippen LogP contribution in [0, 0.1) is 11.8 Å². The molecule has 4 heterocycles. The third-order valence-electron chi connectivity index (χ3n) is 5.66. The van der Waals surface area contributed by atoms with Gasteiger partial charge in [-0.05, 0) is 24.8 Å². The summed E-state index contributed by atoms with van der Waals surface area (Å²) in [7, 11) is 0. The second kappa shape index (κ2) is 9.13. The van der Waals surface area contributed by atoms with Crippen molar-refractivity contribution in [3.05, 3.63) is 32.1 Å². The molecule has 2 saturated heterocycles. The van der Waals surface area contributed by atoms with Crippen LogP contribution in [-0.2, 0) is 9.59 Å². The summed E-state index contributed by atoms with van der Waals surface area (Å²) >= 11 is 2.53. The van der Waals surface area contributed by atoms with E-state index < -0.39 is 18.0 Å². The smallest absolute Gasteiger partial charge is 0.543 e. The molecule has 1 aromatic rings. The zero-order chi connectivity index (χ0) is 20.9. The number of thioether (sulfide) groups is 1. The van der Waals surface area contributed by atoms with Gasteiger partial charge in [-0.15, -0.1) is 11.3 Å². The van der Waals surface area contributed by atoms with Gasteiger partial charge in [-0.3, -0.25) is 9.59 Å². The van der Waals surface area contributed by atoms with Crippen LogP contribution in [-0.4, -0.2) is 62.9 Å². The fourth-order valence-electron chi connectivity index (χ4n) is 4.04. The quantitative estimate of drug-likeness (QED) is 0.372. The van der Waals surface area contributed by atoms with Gasteiger partial charge in [-0.1, -0.05) is 18.7 Å². The van der Waals surface area contributed by atoms with Crippen LogP contribution in [0.15, 0.2) is 21.5 Å². The molecule has 3 aliphatic rings. The zero-order valence-electron chi connectivity index (χ0n) is 16.9. The Morgan fingerprint density at radius 1 is 1.43 bits per heavy atom. The maximum absolute atomic E-state index is 12.4. The number of nitrogens with zero attached hydrogens (tertiary/aromatic N) is 3. The minimum Gasteiger partial charge on any atom is -0.543 e. The van der Waals surface area contributed by atoms with E-state index in [9.17, 15) is 24.6 Å². The number of rotatable bonds is 6. The molecule has 8 nitrogen and oxygen atoms in total. The van der Waals surface area contributed by atoms with E-state index in [2.05, 4.69) is 4.98 Å². The minimum absolute atomic E-state index is 0. The molecule has 2 fully saturated rings. The maximum atomic E-state index is 12.4. The summed E-state index contributed by atoms with van der Waals surface area (Å²) in [6, 6.07) is -0.377. The number of aliphatic carboxylic acids is 1. The average Bonchev–Trinajstić information content (AvgIpc) is 3.15. The van der Waals surface area contributed by atoms with Gasteiger partial charge in [0.05, 0.1) is 40.1 Å². The topological polar surface area (TPSA) is 114 Å². The summed E-state index contributed by atoms with van der Waals surface area (Å²) < 4.78 is 0. The number of fused-ring (bicyclic) bond motifs is 1. The number of aliphatic hydroxyl groups excluding tert-OH is 1. The number of hydrogen-bond acceptors (Lipinski definition) is 8. The zero-order valence-corrected chi connectivity index (χ0v) is 20.5. The minimum atomic E-state index is -1.40. The molecule has 30 heavy (non-hydrogen) atoms. The van der Waals surface area contributed by atoms with E-state index in [4.69, 9.17) is 0 Å². The number of carbonyl (C=O) groups excluding carboxylic acids is 3. The summed E-state index contributed by atoms with van der Waals surface area (Å²) in [4.78, 5) is 44.8. The Kier molecular flexibility index (Phi) is 7.15. The van der Waals surface area contributed by atoms with Gasteiger partial charge in [0.15, 0.2) is 0 Å². The molecular weight excluding hydrogens is 437 g/mol. The van der Waals surface area contributed by atoms with E-state index in [0.717, 1.165) is 19.5 Å². The van der Waals surface area contributed by atoms with Crippen molar-refractivity contribution in [3.8, 4) is 0 Å². The van der Waals surface area contributed by atoms with Crippen LogP contribution in [0.3, 0.4) is 0 Å². The molecule has 4 rings (SSSR count). The van der Waals surface area contributed by atoms with Crippen molar-refractivity contribution < 1.29 is 54.2 Å². The molecule has 0 unspecified atom stereocenters. The second-order valence-electron chi connectivity index (χ2n) is 7.39. The second-order valence-corrected chi connectivity index (χ2v) is 9.22. The van der Waals surface area contributed by atoms with E-state index in [-0.39, 0.29) is 59.0 Å². The fourth-order valence-corrected chi connectivity index (χ4v) is 5.80. The van der Waals surface area contributed by atoms with Gasteiger partial charge in [0.2, 0.25) is 5.91 Å². The molecule has 3 aliphatic heterocycles. The van der Waals surface area contributed by atoms with Gasteiger partial charge in [0.25, 0.3) is 5.91 Å². The van der Waals surface area contributed by atoms with Crippen LogP contribution >= 0.6 is 23.1 Å². The summed E-state index contributed by atoms with van der Waals surface area (Å²) in [5.41, 5.74) is 1.88. The number of likely N-dealkylation sites (tertiary alicyclic amines) is 1. The summed E-state index contributed by atoms with van der Waals surface area (Å²) in [5.74, 6) is -2.73. The molecule has 11 heteroatoms. The summed E-state index contributed by atoms with van der Waals surface area (Å²) in [6.07, 6.45) is 1.89. The Morgan fingerprint density at radius 3 is 2.70 bits per heavy atom. The van der Waals surface area contributed by atoms with Gasteiger partial charge in [-0.2, -0.15) is 0 Å². The number of carbonyl (C=O) groups is 3. The predicted molar refractivity (Wildman–Crippen MR) is 106 cm³/mol. The van der Waals surface area contributed by atoms with Crippen LogP contribution in [0.25, 0.3) is 6.08 Å². The molecule has 2 amide bonds. The van der Waals surface area contributed by atoms with Gasteiger partial charge < -0.3 is 24.8 Å². The Hall–Kier alpha value is -1.17. The Bertz CT molecular complexity index is 940. The normalized spacial score (nSPS) is 26.2. The van der Waals surface area contributed by atoms with Gasteiger partial charge in [0, 0.05) is 23.9 Å². The molecule has 154 valence electrons. The monoisotopic (exact) mass is 457 g/mol. The number of aromatic nitrogens is 1. The first-order chi connectivity index (χ1) is 13.8. The Labute approximate surface area is 204 Å². The number of aliphatic hydroxyl groups is 1. The van der Waals surface area contributed by atoms with Crippen LogP contribution in [0.5, 0.6) is 0 Å². The molecule has 1 N–H and O–H groups in total. The molecular formula is C19H20N3NaO5S2. The van der Waals surface area contributed by atoms with E-state index in [1.54, 1.807) is 21.9 Å². The fraction of sp³-hybridized carbons (Fsp3) is 0.474. The van der Waals surface area contributed by atoms with Crippen molar-refractivity contribution in [2.45, 2.75) is 32.4 Å². The van der Waals surface area contributed by atoms with Crippen molar-refractivity contribution in [1.82, 2.24) is 14.8 Å². The summed E-state index contributed by atoms with van der Waals surface area (Å²) in [6.45, 7) is 4.86. The first-order valence-corrected chi connectivity index (χ1v) is 11.1. The molecule has 0 aliphatic carbocycles. The van der Waals surface area contributed by atoms with Crippen LogP contribution < -0.4 is 34.7 Å². The number of carboxylic acid groups (broad SMARTS) is 1. The Morgan fingerprint density at radius 2 is 2.13 bits per heavy atom. The van der Waals surface area contributed by atoms with Crippen molar-refractivity contribution in [2.24, 2.45) is 11.8 Å². The molecule has 0 aromatic carbocycles. The molecule has 0 spiro atoms. The molecule has 0 saturated carbocycles. The van der Waals surface area contributed by atoms with E-state index in [0.29, 0.717) is 15.5 Å². The molecule has 1 aromatic heterocycles. The Balaban J connectivity index is 0.00000256. The molecule has 4 atom stereocenters. The SMILES string of the molecule is C[C@@H](O)[C@H]1C(=O)N2C(C(=O)[O-])=C(S/C=C\c3scnc3C(=O)N3CCC3)[C@H](C)[C@H]12.[Na+]. The number of thiazole rings is 1. The van der Waals surface area contributed by atoms with Crippen molar-refractivity contribution in [3.63, 3.8) is 0 Å².